The fourth-order valence-electron chi connectivity index (χ4n) is 2.55. The molecule has 0 saturated heterocycles. The quantitative estimate of drug-likeness (QED) is 0.784. The number of hydrogen-bond donors (Lipinski definition) is 3. The Labute approximate surface area is 114 Å². The summed E-state index contributed by atoms with van der Waals surface area (Å²) in [5.74, 6) is 0.192. The summed E-state index contributed by atoms with van der Waals surface area (Å²) in [5, 5.41) is 15.5. The van der Waals surface area contributed by atoms with Crippen LogP contribution in [0.3, 0.4) is 0 Å². The Kier molecular flexibility index (Phi) is 4.80. The molecule has 3 N–H and O–H groups in total. The highest BCUT2D eigenvalue weighted by atomic mass is 16.3. The molecule has 1 aromatic carbocycles. The monoisotopic (exact) mass is 262 g/mol. The number of amides is 2. The van der Waals surface area contributed by atoms with Gasteiger partial charge < -0.3 is 15.7 Å². The van der Waals surface area contributed by atoms with E-state index in [0.717, 1.165) is 36.9 Å². The molecule has 104 valence electrons. The molecule has 2 amide bonds. The molecule has 2 unspecified atom stereocenters. The number of benzene rings is 1. The molecule has 0 aromatic heterocycles. The van der Waals surface area contributed by atoms with Gasteiger partial charge in [0.2, 0.25) is 0 Å². The van der Waals surface area contributed by atoms with Crippen molar-refractivity contribution in [1.82, 2.24) is 5.32 Å². The Balaban J connectivity index is 1.78. The molecule has 1 saturated carbocycles. The molecule has 4 heteroatoms. The Hall–Kier alpha value is -1.55. The first-order valence-corrected chi connectivity index (χ1v) is 6.95. The van der Waals surface area contributed by atoms with E-state index in [2.05, 4.69) is 10.6 Å². The highest BCUT2D eigenvalue weighted by Gasteiger charge is 2.23. The predicted octanol–water partition coefficient (Wildman–Crippen LogP) is 2.67. The van der Waals surface area contributed by atoms with Gasteiger partial charge >= 0.3 is 6.03 Å². The first-order chi connectivity index (χ1) is 9.15. The summed E-state index contributed by atoms with van der Waals surface area (Å²) in [4.78, 5) is 11.8. The molecular formula is C15H22N2O2. The van der Waals surface area contributed by atoms with Crippen LogP contribution < -0.4 is 10.6 Å². The van der Waals surface area contributed by atoms with Crippen molar-refractivity contribution in [1.29, 1.82) is 0 Å². The van der Waals surface area contributed by atoms with Gasteiger partial charge in [-0.15, -0.1) is 0 Å². The van der Waals surface area contributed by atoms with Crippen LogP contribution in [0.5, 0.6) is 0 Å². The van der Waals surface area contributed by atoms with Gasteiger partial charge in [0, 0.05) is 18.2 Å². The van der Waals surface area contributed by atoms with E-state index in [1.54, 1.807) is 0 Å². The molecule has 4 nitrogen and oxygen atoms in total. The second-order valence-electron chi connectivity index (χ2n) is 5.32. The second-order valence-corrected chi connectivity index (χ2v) is 5.32. The van der Waals surface area contributed by atoms with Gasteiger partial charge in [0.15, 0.2) is 0 Å². The molecule has 2 atom stereocenters. The zero-order chi connectivity index (χ0) is 13.7. The third kappa shape index (κ3) is 4.24. The van der Waals surface area contributed by atoms with Crippen molar-refractivity contribution in [2.24, 2.45) is 5.92 Å². The standard InChI is InChI=1S/C15H22N2O2/c1-11-5-4-7-13(9-11)17-15(19)16-10-12-6-2-3-8-14(12)18/h4-5,7,9,12,14,18H,2-3,6,8,10H2,1H3,(H2,16,17,19). The second kappa shape index (κ2) is 6.57. The number of urea groups is 1. The van der Waals surface area contributed by atoms with Gasteiger partial charge in [-0.1, -0.05) is 25.0 Å². The van der Waals surface area contributed by atoms with Crippen molar-refractivity contribution in [2.45, 2.75) is 38.7 Å². The molecule has 1 aliphatic carbocycles. The lowest BCUT2D eigenvalue weighted by molar-refractivity contribution is 0.0712. The minimum absolute atomic E-state index is 0.192. The first kappa shape index (κ1) is 13.9. The van der Waals surface area contributed by atoms with E-state index in [-0.39, 0.29) is 18.1 Å². The average Bonchev–Trinajstić information content (AvgIpc) is 2.38. The minimum Gasteiger partial charge on any atom is -0.393 e. The van der Waals surface area contributed by atoms with E-state index in [4.69, 9.17) is 0 Å². The molecule has 2 rings (SSSR count). The summed E-state index contributed by atoms with van der Waals surface area (Å²) >= 11 is 0. The maximum Gasteiger partial charge on any atom is 0.319 e. The van der Waals surface area contributed by atoms with Crippen LogP contribution in [0.25, 0.3) is 0 Å². The number of nitrogens with one attached hydrogen (secondary N) is 2. The van der Waals surface area contributed by atoms with E-state index in [0.29, 0.717) is 6.54 Å². The molecule has 1 aromatic rings. The van der Waals surface area contributed by atoms with Crippen molar-refractivity contribution >= 4 is 11.7 Å². The van der Waals surface area contributed by atoms with Crippen LogP contribution in [0.15, 0.2) is 24.3 Å². The van der Waals surface area contributed by atoms with Crippen molar-refractivity contribution in [3.05, 3.63) is 29.8 Å². The number of hydrogen-bond acceptors (Lipinski definition) is 2. The maximum atomic E-state index is 11.8. The third-order valence-corrected chi connectivity index (χ3v) is 3.67. The van der Waals surface area contributed by atoms with Crippen LogP contribution >= 0.6 is 0 Å². The van der Waals surface area contributed by atoms with Gasteiger partial charge in [-0.3, -0.25) is 0 Å². The number of rotatable bonds is 3. The van der Waals surface area contributed by atoms with Crippen LogP contribution in [0.4, 0.5) is 10.5 Å². The van der Waals surface area contributed by atoms with E-state index in [1.165, 1.54) is 0 Å². The fraction of sp³-hybridized carbons (Fsp3) is 0.533. The first-order valence-electron chi connectivity index (χ1n) is 6.95. The lowest BCUT2D eigenvalue weighted by atomic mass is 9.86. The van der Waals surface area contributed by atoms with Crippen molar-refractivity contribution < 1.29 is 9.90 Å². The maximum absolute atomic E-state index is 11.8. The summed E-state index contributed by atoms with van der Waals surface area (Å²) in [5.41, 5.74) is 1.90. The largest absolute Gasteiger partial charge is 0.393 e. The molecule has 1 aliphatic rings. The van der Waals surface area contributed by atoms with Gasteiger partial charge in [0.25, 0.3) is 0 Å². The SMILES string of the molecule is Cc1cccc(NC(=O)NCC2CCCCC2O)c1. The average molecular weight is 262 g/mol. The molecule has 0 aliphatic heterocycles. The normalized spacial score (nSPS) is 22.8. The smallest absolute Gasteiger partial charge is 0.319 e. The van der Waals surface area contributed by atoms with Crippen LogP contribution in [0, 0.1) is 12.8 Å². The number of aryl methyl sites for hydroxylation is 1. The number of anilines is 1. The zero-order valence-corrected chi connectivity index (χ0v) is 11.4. The van der Waals surface area contributed by atoms with E-state index in [1.807, 2.05) is 31.2 Å². The van der Waals surface area contributed by atoms with Gasteiger partial charge in [0.1, 0.15) is 0 Å². The molecule has 1 fully saturated rings. The topological polar surface area (TPSA) is 61.4 Å². The number of aliphatic hydroxyl groups excluding tert-OH is 1. The van der Waals surface area contributed by atoms with Crippen molar-refractivity contribution in [3.63, 3.8) is 0 Å². The Bertz CT molecular complexity index is 434. The van der Waals surface area contributed by atoms with Crippen molar-refractivity contribution in [3.8, 4) is 0 Å². The Morgan fingerprint density at radius 2 is 2.16 bits per heavy atom. The van der Waals surface area contributed by atoms with Gasteiger partial charge in [-0.25, -0.2) is 4.79 Å². The molecule has 0 heterocycles. The molecule has 0 bridgehead atoms. The minimum atomic E-state index is -0.270. The summed E-state index contributed by atoms with van der Waals surface area (Å²) in [6.45, 7) is 2.53. The van der Waals surface area contributed by atoms with Crippen LogP contribution in [-0.2, 0) is 0 Å². The molecule has 0 spiro atoms. The molecule has 19 heavy (non-hydrogen) atoms. The van der Waals surface area contributed by atoms with Crippen LogP contribution in [0.2, 0.25) is 0 Å². The summed E-state index contributed by atoms with van der Waals surface area (Å²) < 4.78 is 0. The molecule has 0 radical (unpaired) electrons. The Morgan fingerprint density at radius 1 is 1.37 bits per heavy atom. The summed E-state index contributed by atoms with van der Waals surface area (Å²) in [6, 6.07) is 7.48. The van der Waals surface area contributed by atoms with Crippen molar-refractivity contribution in [2.75, 3.05) is 11.9 Å². The molecular weight excluding hydrogens is 240 g/mol. The van der Waals surface area contributed by atoms with Gasteiger partial charge in [0.05, 0.1) is 6.10 Å². The number of carbonyl (C=O) groups is 1. The van der Waals surface area contributed by atoms with Gasteiger partial charge in [-0.2, -0.15) is 0 Å². The van der Waals surface area contributed by atoms with E-state index in [9.17, 15) is 9.90 Å². The van der Waals surface area contributed by atoms with Crippen LogP contribution in [-0.4, -0.2) is 23.8 Å². The highest BCUT2D eigenvalue weighted by molar-refractivity contribution is 5.89. The van der Waals surface area contributed by atoms with Gasteiger partial charge in [-0.05, 0) is 37.5 Å². The summed E-state index contributed by atoms with van der Waals surface area (Å²) in [7, 11) is 0. The van der Waals surface area contributed by atoms with E-state index < -0.39 is 0 Å². The summed E-state index contributed by atoms with van der Waals surface area (Å²) in [6.07, 6.45) is 3.81. The predicted molar refractivity (Wildman–Crippen MR) is 76.2 cm³/mol. The van der Waals surface area contributed by atoms with Crippen LogP contribution in [0.1, 0.15) is 31.2 Å². The highest BCUT2D eigenvalue weighted by Crippen LogP contribution is 2.23. The fourth-order valence-corrected chi connectivity index (χ4v) is 2.55. The zero-order valence-electron chi connectivity index (χ0n) is 11.4. The lowest BCUT2D eigenvalue weighted by Crippen LogP contribution is -2.38. The Morgan fingerprint density at radius 3 is 2.89 bits per heavy atom. The van der Waals surface area contributed by atoms with E-state index >= 15 is 0 Å². The lowest BCUT2D eigenvalue weighted by Gasteiger charge is -2.27. The third-order valence-electron chi connectivity index (χ3n) is 3.67. The number of aliphatic hydroxyl groups is 1. The number of carbonyl (C=O) groups excluding carboxylic acids is 1.